The van der Waals surface area contributed by atoms with Gasteiger partial charge in [0.2, 0.25) is 0 Å². The number of rotatable bonds is 9. The Balaban J connectivity index is 2.73. The molecule has 0 aromatic heterocycles. The van der Waals surface area contributed by atoms with E-state index in [1.54, 1.807) is 0 Å². The molecule has 2 nitrogen and oxygen atoms in total. The number of hydrogen-bond acceptors (Lipinski definition) is 2. The van der Waals surface area contributed by atoms with Crippen LogP contribution in [0.25, 0.3) is 0 Å². The fourth-order valence-electron chi connectivity index (χ4n) is 1.05. The van der Waals surface area contributed by atoms with E-state index in [1.807, 2.05) is 0 Å². The molecule has 0 radical (unpaired) electrons. The van der Waals surface area contributed by atoms with Crippen LogP contribution >= 0.6 is 0 Å². The lowest BCUT2D eigenvalue weighted by molar-refractivity contribution is 0.304. The van der Waals surface area contributed by atoms with Crippen LogP contribution in [0.5, 0.6) is 0 Å². The lowest BCUT2D eigenvalue weighted by Gasteiger charge is -2.02. The van der Waals surface area contributed by atoms with Crippen molar-refractivity contribution in [3.8, 4) is 0 Å². The SMILES string of the molecule is C[SiH2]OCCCCCCO[SiH2]C. The molecular formula is C8H22O2Si2. The van der Waals surface area contributed by atoms with E-state index in [0.29, 0.717) is 0 Å². The van der Waals surface area contributed by atoms with Gasteiger partial charge in [0.15, 0.2) is 19.5 Å². The molecule has 0 saturated carbocycles. The zero-order valence-electron chi connectivity index (χ0n) is 8.47. The molecule has 0 N–H and O–H groups in total. The second-order valence-corrected chi connectivity index (χ2v) is 4.78. The molecule has 0 amide bonds. The minimum Gasteiger partial charge on any atom is -0.424 e. The van der Waals surface area contributed by atoms with Gasteiger partial charge in [0, 0.05) is 13.2 Å². The lowest BCUT2D eigenvalue weighted by atomic mass is 10.2. The van der Waals surface area contributed by atoms with Gasteiger partial charge in [-0.15, -0.1) is 0 Å². The first-order valence-corrected chi connectivity index (χ1v) is 9.05. The summed E-state index contributed by atoms with van der Waals surface area (Å²) in [6, 6.07) is 0. The average molecular weight is 206 g/mol. The van der Waals surface area contributed by atoms with Crippen LogP contribution in [0.2, 0.25) is 13.1 Å². The Morgan fingerprint density at radius 3 is 1.50 bits per heavy atom. The monoisotopic (exact) mass is 206 g/mol. The van der Waals surface area contributed by atoms with Crippen molar-refractivity contribution in [2.45, 2.75) is 38.8 Å². The molecule has 0 aliphatic rings. The van der Waals surface area contributed by atoms with Crippen molar-refractivity contribution in [2.24, 2.45) is 0 Å². The molecule has 0 aliphatic carbocycles. The molecule has 0 aromatic rings. The highest BCUT2D eigenvalue weighted by Gasteiger charge is 1.89. The average Bonchev–Trinajstić information content (AvgIpc) is 2.10. The summed E-state index contributed by atoms with van der Waals surface area (Å²) in [5.41, 5.74) is 0. The first kappa shape index (κ1) is 12.4. The minimum atomic E-state index is -0.153. The van der Waals surface area contributed by atoms with E-state index >= 15 is 0 Å². The summed E-state index contributed by atoms with van der Waals surface area (Å²) in [6.45, 7) is 6.34. The Morgan fingerprint density at radius 2 is 1.17 bits per heavy atom. The number of hydrogen-bond donors (Lipinski definition) is 0. The van der Waals surface area contributed by atoms with Crippen LogP contribution in [0.1, 0.15) is 25.7 Å². The van der Waals surface area contributed by atoms with Crippen molar-refractivity contribution >= 4 is 19.5 Å². The van der Waals surface area contributed by atoms with Crippen molar-refractivity contribution in [1.29, 1.82) is 0 Å². The van der Waals surface area contributed by atoms with E-state index in [9.17, 15) is 0 Å². The summed E-state index contributed by atoms with van der Waals surface area (Å²) in [5, 5.41) is 0. The van der Waals surface area contributed by atoms with Gasteiger partial charge in [-0.25, -0.2) is 0 Å². The molecule has 74 valence electrons. The van der Waals surface area contributed by atoms with Gasteiger partial charge in [-0.3, -0.25) is 0 Å². The van der Waals surface area contributed by atoms with Crippen LogP contribution < -0.4 is 0 Å². The van der Waals surface area contributed by atoms with Crippen LogP contribution in [0.4, 0.5) is 0 Å². The first-order chi connectivity index (χ1) is 5.91. The van der Waals surface area contributed by atoms with Crippen LogP contribution in [0.3, 0.4) is 0 Å². The van der Waals surface area contributed by atoms with Gasteiger partial charge in [0.05, 0.1) is 0 Å². The van der Waals surface area contributed by atoms with Crippen LogP contribution in [-0.2, 0) is 8.85 Å². The molecular weight excluding hydrogens is 184 g/mol. The maximum absolute atomic E-state index is 5.38. The van der Waals surface area contributed by atoms with Gasteiger partial charge in [-0.2, -0.15) is 0 Å². The summed E-state index contributed by atoms with van der Waals surface area (Å²) in [4.78, 5) is 0. The summed E-state index contributed by atoms with van der Waals surface area (Å²) < 4.78 is 10.8. The Hall–Kier alpha value is 0.354. The Bertz CT molecular complexity index is 71.5. The predicted octanol–water partition coefficient (Wildman–Crippen LogP) is 0.844. The molecule has 0 atom stereocenters. The third-order valence-electron chi connectivity index (χ3n) is 1.74. The quantitative estimate of drug-likeness (QED) is 0.411. The van der Waals surface area contributed by atoms with E-state index in [-0.39, 0.29) is 19.5 Å². The Kier molecular flexibility index (Phi) is 11.7. The van der Waals surface area contributed by atoms with E-state index in [0.717, 1.165) is 13.2 Å². The molecule has 12 heavy (non-hydrogen) atoms. The smallest absolute Gasteiger partial charge is 0.158 e. The van der Waals surface area contributed by atoms with Gasteiger partial charge in [0.1, 0.15) is 0 Å². The molecule has 0 bridgehead atoms. The van der Waals surface area contributed by atoms with Crippen molar-refractivity contribution in [3.05, 3.63) is 0 Å². The fraction of sp³-hybridized carbons (Fsp3) is 1.00. The topological polar surface area (TPSA) is 18.5 Å². The highest BCUT2D eigenvalue weighted by atomic mass is 28.2. The molecule has 0 aliphatic heterocycles. The molecule has 0 rings (SSSR count). The van der Waals surface area contributed by atoms with Crippen LogP contribution in [-0.4, -0.2) is 32.7 Å². The van der Waals surface area contributed by atoms with Gasteiger partial charge in [0.25, 0.3) is 0 Å². The largest absolute Gasteiger partial charge is 0.424 e. The number of unbranched alkanes of at least 4 members (excludes halogenated alkanes) is 3. The second-order valence-electron chi connectivity index (χ2n) is 2.81. The van der Waals surface area contributed by atoms with E-state index in [1.165, 1.54) is 25.7 Å². The van der Waals surface area contributed by atoms with Gasteiger partial charge in [-0.05, 0) is 12.8 Å². The maximum atomic E-state index is 5.38. The van der Waals surface area contributed by atoms with Crippen molar-refractivity contribution in [3.63, 3.8) is 0 Å². The predicted molar refractivity (Wildman–Crippen MR) is 59.2 cm³/mol. The highest BCUT2D eigenvalue weighted by Crippen LogP contribution is 1.99. The summed E-state index contributed by atoms with van der Waals surface area (Å²) >= 11 is 0. The maximum Gasteiger partial charge on any atom is 0.158 e. The lowest BCUT2D eigenvalue weighted by Crippen LogP contribution is -1.98. The molecule has 0 spiro atoms. The normalized spacial score (nSPS) is 12.5. The second kappa shape index (κ2) is 11.4. The molecule has 4 heteroatoms. The van der Waals surface area contributed by atoms with Crippen molar-refractivity contribution in [1.82, 2.24) is 0 Å². The summed E-state index contributed by atoms with van der Waals surface area (Å²) in [6.07, 6.45) is 5.10. The zero-order chi connectivity index (χ0) is 9.07. The third kappa shape index (κ3) is 10.4. The first-order valence-electron chi connectivity index (χ1n) is 5.07. The third-order valence-corrected chi connectivity index (χ3v) is 3.13. The van der Waals surface area contributed by atoms with Crippen molar-refractivity contribution in [2.75, 3.05) is 13.2 Å². The molecule has 0 saturated heterocycles. The van der Waals surface area contributed by atoms with Crippen molar-refractivity contribution < 1.29 is 8.85 Å². The standard InChI is InChI=1S/C8H22O2Si2/c1-11-9-7-5-3-4-6-8-10-12-2/h3-8,11-12H2,1-2H3. The molecule has 0 fully saturated rings. The van der Waals surface area contributed by atoms with E-state index < -0.39 is 0 Å². The Labute approximate surface area is 80.9 Å². The van der Waals surface area contributed by atoms with Gasteiger partial charge < -0.3 is 8.85 Å². The molecule has 0 aromatic carbocycles. The molecule has 0 heterocycles. The van der Waals surface area contributed by atoms with Crippen LogP contribution in [0.15, 0.2) is 0 Å². The van der Waals surface area contributed by atoms with E-state index in [4.69, 9.17) is 8.85 Å². The summed E-state index contributed by atoms with van der Waals surface area (Å²) in [7, 11) is -0.305. The zero-order valence-corrected chi connectivity index (χ0v) is 11.3. The van der Waals surface area contributed by atoms with Crippen LogP contribution in [0, 0.1) is 0 Å². The molecule has 0 unspecified atom stereocenters. The van der Waals surface area contributed by atoms with E-state index in [2.05, 4.69) is 13.1 Å². The van der Waals surface area contributed by atoms with Gasteiger partial charge >= 0.3 is 0 Å². The summed E-state index contributed by atoms with van der Waals surface area (Å²) in [5.74, 6) is 0. The highest BCUT2D eigenvalue weighted by molar-refractivity contribution is 6.24. The Morgan fingerprint density at radius 1 is 0.750 bits per heavy atom. The minimum absolute atomic E-state index is 0.153. The van der Waals surface area contributed by atoms with Gasteiger partial charge in [-0.1, -0.05) is 25.9 Å². The fourth-order valence-corrected chi connectivity index (χ4v) is 2.04.